The van der Waals surface area contributed by atoms with Gasteiger partial charge in [-0.15, -0.1) is 34.9 Å². The first-order chi connectivity index (χ1) is 17.5. The van der Waals surface area contributed by atoms with Crippen molar-refractivity contribution in [2.75, 3.05) is 0 Å². The van der Waals surface area contributed by atoms with Gasteiger partial charge >= 0.3 is 0 Å². The summed E-state index contributed by atoms with van der Waals surface area (Å²) >= 11 is 0. The van der Waals surface area contributed by atoms with E-state index in [1.165, 1.54) is 67.0 Å². The molecule has 0 saturated heterocycles. The van der Waals surface area contributed by atoms with Crippen LogP contribution in [-0.4, -0.2) is 27.4 Å². The third-order valence-electron chi connectivity index (χ3n) is 8.82. The number of aliphatic hydroxyl groups is 2. The number of benzene rings is 2. The van der Waals surface area contributed by atoms with Gasteiger partial charge in [0.05, 0.1) is 17.7 Å². The Morgan fingerprint density at radius 3 is 2.22 bits per heavy atom. The van der Waals surface area contributed by atoms with Crippen LogP contribution in [0.15, 0.2) is 42.5 Å². The quantitative estimate of drug-likeness (QED) is 0.274. The number of nitrogens with zero attached hydrogens (tertiary/aromatic N) is 1. The van der Waals surface area contributed by atoms with Crippen molar-refractivity contribution in [3.8, 4) is 11.3 Å². The first-order valence-corrected chi connectivity index (χ1v) is 14.3. The smallest absolute Gasteiger partial charge is 0.0598 e. The summed E-state index contributed by atoms with van der Waals surface area (Å²) in [4.78, 5) is 4.93. The summed E-state index contributed by atoms with van der Waals surface area (Å²) < 4.78 is 0. The van der Waals surface area contributed by atoms with Gasteiger partial charge in [0, 0.05) is 31.4 Å². The summed E-state index contributed by atoms with van der Waals surface area (Å²) in [5.74, 6) is 1.51. The first kappa shape index (κ1) is 28.4. The molecule has 6 rings (SSSR count). The van der Waals surface area contributed by atoms with E-state index in [0.717, 1.165) is 48.4 Å². The number of pyridine rings is 1. The van der Waals surface area contributed by atoms with Crippen molar-refractivity contribution in [2.45, 2.75) is 103 Å². The van der Waals surface area contributed by atoms with Crippen molar-refractivity contribution in [1.29, 1.82) is 0 Å². The van der Waals surface area contributed by atoms with E-state index in [1.54, 1.807) is 0 Å². The van der Waals surface area contributed by atoms with Crippen LogP contribution in [0.5, 0.6) is 0 Å². The van der Waals surface area contributed by atoms with Gasteiger partial charge in [-0.05, 0) is 67.7 Å². The van der Waals surface area contributed by atoms with Gasteiger partial charge in [0.15, 0.2) is 0 Å². The molecular weight excluding hydrogens is 635 g/mol. The van der Waals surface area contributed by atoms with E-state index in [1.807, 2.05) is 0 Å². The third kappa shape index (κ3) is 6.71. The van der Waals surface area contributed by atoms with Crippen molar-refractivity contribution in [1.82, 2.24) is 4.98 Å². The summed E-state index contributed by atoms with van der Waals surface area (Å²) in [6.07, 6.45) is 12.7. The van der Waals surface area contributed by atoms with E-state index in [2.05, 4.69) is 62.4 Å². The Kier molecular flexibility index (Phi) is 9.97. The maximum absolute atomic E-state index is 9.89. The zero-order chi connectivity index (χ0) is 25.1. The molecule has 4 heteroatoms. The molecule has 0 bridgehead atoms. The number of aliphatic hydroxyl groups excluding tert-OH is 2. The van der Waals surface area contributed by atoms with Gasteiger partial charge in [0.25, 0.3) is 0 Å². The molecule has 4 atom stereocenters. The second-order valence-corrected chi connectivity index (χ2v) is 11.5. The average Bonchev–Trinajstić information content (AvgIpc) is 3.33. The third-order valence-corrected chi connectivity index (χ3v) is 8.82. The Balaban J connectivity index is 0.000000195. The molecule has 201 valence electrons. The molecule has 1 radical (unpaired) electrons. The maximum Gasteiger partial charge on any atom is 0.0598 e. The van der Waals surface area contributed by atoms with E-state index < -0.39 is 0 Å². The van der Waals surface area contributed by atoms with Gasteiger partial charge in [0.1, 0.15) is 0 Å². The predicted octanol–water partition coefficient (Wildman–Crippen LogP) is 7.67. The van der Waals surface area contributed by atoms with E-state index >= 15 is 0 Å². The average molecular weight is 677 g/mol. The molecule has 4 unspecified atom stereocenters. The molecule has 2 aromatic carbocycles. The number of hydrogen-bond acceptors (Lipinski definition) is 3. The molecule has 0 aliphatic heterocycles. The van der Waals surface area contributed by atoms with Crippen molar-refractivity contribution in [3.63, 3.8) is 0 Å². The van der Waals surface area contributed by atoms with Crippen LogP contribution in [0.3, 0.4) is 0 Å². The molecule has 37 heavy (non-hydrogen) atoms. The van der Waals surface area contributed by atoms with Gasteiger partial charge < -0.3 is 10.2 Å². The number of aromatic nitrogens is 1. The molecule has 1 aromatic heterocycles. The predicted molar refractivity (Wildman–Crippen MR) is 148 cm³/mol. The maximum atomic E-state index is 9.89. The van der Waals surface area contributed by atoms with Crippen molar-refractivity contribution < 1.29 is 30.3 Å². The fraction of sp³-hybridized carbons (Fsp3) is 0.545. The fourth-order valence-corrected chi connectivity index (χ4v) is 7.10. The van der Waals surface area contributed by atoms with Crippen LogP contribution in [0.1, 0.15) is 93.2 Å². The van der Waals surface area contributed by atoms with Crippen LogP contribution in [0.2, 0.25) is 0 Å². The standard InChI is InChI=1S/C22H22N.C11H20O2.Ir/c1-15-12-16(2)14-18(13-15)21-11-10-20-19(17-6-3-4-7-17)8-5-9-22(20)23-21;12-9-6-2-1-4-8-5-3-7-10(13)11(8)9;/h5,8-13,17H,3-4,6-7H2,1-2H3;8-13H,1-7H2;/q-1;;. The normalized spacial score (nSPS) is 25.9. The SMILES string of the molecule is Cc1[c-]c(-c2ccc3c(C4CCCC4)cccc3n2)cc(C)c1.OC1CCCCC2CCCC(O)C12.[Ir]. The minimum atomic E-state index is -0.234. The number of aryl methyl sites for hydroxylation is 2. The first-order valence-electron chi connectivity index (χ1n) is 14.3. The summed E-state index contributed by atoms with van der Waals surface area (Å²) in [5, 5.41) is 21.1. The number of rotatable bonds is 2. The van der Waals surface area contributed by atoms with Crippen molar-refractivity contribution in [2.24, 2.45) is 11.8 Å². The topological polar surface area (TPSA) is 53.4 Å². The molecular formula is C33H42IrNO2-. The molecule has 3 aromatic rings. The largest absolute Gasteiger partial charge is 0.393 e. The van der Waals surface area contributed by atoms with Gasteiger partial charge in [-0.3, -0.25) is 4.98 Å². The van der Waals surface area contributed by atoms with Crippen LogP contribution >= 0.6 is 0 Å². The van der Waals surface area contributed by atoms with Crippen molar-refractivity contribution >= 4 is 10.9 Å². The van der Waals surface area contributed by atoms with Gasteiger partial charge in [-0.2, -0.15) is 0 Å². The molecule has 0 spiro atoms. The molecule has 3 fully saturated rings. The molecule has 1 heterocycles. The Morgan fingerprint density at radius 1 is 0.784 bits per heavy atom. The minimum Gasteiger partial charge on any atom is -0.393 e. The zero-order valence-electron chi connectivity index (χ0n) is 22.4. The summed E-state index contributed by atoms with van der Waals surface area (Å²) in [6.45, 7) is 4.22. The van der Waals surface area contributed by atoms with Gasteiger partial charge in [0.2, 0.25) is 0 Å². The number of hydrogen-bond donors (Lipinski definition) is 2. The molecule has 0 amide bonds. The van der Waals surface area contributed by atoms with Gasteiger partial charge in [-0.1, -0.05) is 70.2 Å². The Bertz CT molecular complexity index is 1150. The monoisotopic (exact) mass is 677 g/mol. The van der Waals surface area contributed by atoms with Crippen LogP contribution in [0, 0.1) is 31.7 Å². The van der Waals surface area contributed by atoms with E-state index in [9.17, 15) is 10.2 Å². The number of fused-ring (bicyclic) bond motifs is 2. The second-order valence-electron chi connectivity index (χ2n) is 11.5. The molecule has 2 N–H and O–H groups in total. The minimum absolute atomic E-state index is 0. The van der Waals surface area contributed by atoms with E-state index in [-0.39, 0.29) is 38.2 Å². The molecule has 3 nitrogen and oxygen atoms in total. The van der Waals surface area contributed by atoms with Crippen LogP contribution in [0.25, 0.3) is 22.2 Å². The zero-order valence-corrected chi connectivity index (χ0v) is 24.8. The second kappa shape index (κ2) is 13.0. The van der Waals surface area contributed by atoms with Crippen LogP contribution in [-0.2, 0) is 20.1 Å². The molecule has 3 aliphatic rings. The van der Waals surface area contributed by atoms with E-state index in [4.69, 9.17) is 4.98 Å². The van der Waals surface area contributed by atoms with Crippen molar-refractivity contribution in [3.05, 3.63) is 65.2 Å². The Labute approximate surface area is 236 Å². The Morgan fingerprint density at radius 2 is 1.46 bits per heavy atom. The summed E-state index contributed by atoms with van der Waals surface area (Å²) in [7, 11) is 0. The van der Waals surface area contributed by atoms with E-state index in [0.29, 0.717) is 5.92 Å². The Hall–Kier alpha value is -1.58. The molecule has 3 saturated carbocycles. The van der Waals surface area contributed by atoms with Crippen LogP contribution < -0.4 is 0 Å². The summed E-state index contributed by atoms with van der Waals surface area (Å²) in [5.41, 5.74) is 7.14. The van der Waals surface area contributed by atoms with Crippen LogP contribution in [0.4, 0.5) is 0 Å². The summed E-state index contributed by atoms with van der Waals surface area (Å²) in [6, 6.07) is 18.8. The fourth-order valence-electron chi connectivity index (χ4n) is 7.10. The van der Waals surface area contributed by atoms with Gasteiger partial charge in [-0.25, -0.2) is 0 Å². The molecule has 3 aliphatic carbocycles.